The Bertz CT molecular complexity index is 539. The van der Waals surface area contributed by atoms with Crippen LogP contribution in [0.4, 0.5) is 0 Å². The molecule has 1 heterocycles. The van der Waals surface area contributed by atoms with Crippen molar-refractivity contribution in [2.45, 2.75) is 44.2 Å². The predicted molar refractivity (Wildman–Crippen MR) is 73.4 cm³/mol. The van der Waals surface area contributed by atoms with Crippen molar-refractivity contribution in [2.75, 3.05) is 0 Å². The summed E-state index contributed by atoms with van der Waals surface area (Å²) in [7, 11) is 6.03. The summed E-state index contributed by atoms with van der Waals surface area (Å²) >= 11 is 0. The number of rotatable bonds is 0. The van der Waals surface area contributed by atoms with Crippen LogP contribution in [0.1, 0.15) is 31.4 Å². The van der Waals surface area contributed by atoms with Crippen LogP contribution in [0.25, 0.3) is 0 Å². The Morgan fingerprint density at radius 3 is 2.83 bits per heavy atom. The standard InChI is InChI=1S/C14H17BN2O/c1-13(2)14(17-12(16)18-13)7-6-10-9(8-14)4-3-5-11(10)15/h3-5H,6-8H2,1-2H3,(H2,16,17). The van der Waals surface area contributed by atoms with Gasteiger partial charge in [-0.1, -0.05) is 29.2 Å². The van der Waals surface area contributed by atoms with Gasteiger partial charge in [0.1, 0.15) is 19.0 Å². The van der Waals surface area contributed by atoms with Gasteiger partial charge in [0.05, 0.1) is 0 Å². The Hall–Kier alpha value is -1.45. The zero-order valence-corrected chi connectivity index (χ0v) is 10.9. The molecule has 1 atom stereocenters. The zero-order chi connectivity index (χ0) is 13.0. The lowest BCUT2D eigenvalue weighted by molar-refractivity contribution is 0.0358. The maximum Gasteiger partial charge on any atom is 0.283 e. The van der Waals surface area contributed by atoms with Crippen LogP contribution in [0.15, 0.2) is 23.2 Å². The minimum absolute atomic E-state index is 0.238. The fourth-order valence-electron chi connectivity index (χ4n) is 3.19. The summed E-state index contributed by atoms with van der Waals surface area (Å²) in [4.78, 5) is 4.59. The Balaban J connectivity index is 2.05. The molecular weight excluding hydrogens is 223 g/mol. The van der Waals surface area contributed by atoms with Crippen LogP contribution in [0.5, 0.6) is 0 Å². The van der Waals surface area contributed by atoms with Gasteiger partial charge in [0.2, 0.25) is 0 Å². The van der Waals surface area contributed by atoms with Gasteiger partial charge in [-0.3, -0.25) is 0 Å². The number of nitrogens with two attached hydrogens (primary N) is 1. The average Bonchev–Trinajstić information content (AvgIpc) is 2.48. The van der Waals surface area contributed by atoms with Crippen LogP contribution in [-0.4, -0.2) is 25.0 Å². The quantitative estimate of drug-likeness (QED) is 0.683. The molecule has 1 aromatic rings. The summed E-state index contributed by atoms with van der Waals surface area (Å²) in [6, 6.07) is 6.41. The van der Waals surface area contributed by atoms with Crippen LogP contribution in [0.3, 0.4) is 0 Å². The van der Waals surface area contributed by atoms with Crippen molar-refractivity contribution >= 4 is 19.3 Å². The first-order valence-electron chi connectivity index (χ1n) is 6.34. The summed E-state index contributed by atoms with van der Waals surface area (Å²) in [5.41, 5.74) is 8.61. The van der Waals surface area contributed by atoms with Gasteiger partial charge in [-0.15, -0.1) is 0 Å². The Morgan fingerprint density at radius 1 is 1.39 bits per heavy atom. The Morgan fingerprint density at radius 2 is 2.17 bits per heavy atom. The SMILES string of the molecule is [B]c1cccc2c1CCC1(C2)N=C(N)OC1(C)C. The van der Waals surface area contributed by atoms with Crippen molar-refractivity contribution in [3.8, 4) is 0 Å². The van der Waals surface area contributed by atoms with E-state index in [0.29, 0.717) is 6.02 Å². The van der Waals surface area contributed by atoms with E-state index in [-0.39, 0.29) is 11.1 Å². The van der Waals surface area contributed by atoms with E-state index in [9.17, 15) is 0 Å². The molecule has 4 heteroatoms. The van der Waals surface area contributed by atoms with Gasteiger partial charge in [-0.05, 0) is 32.3 Å². The van der Waals surface area contributed by atoms with Crippen LogP contribution in [-0.2, 0) is 17.6 Å². The summed E-state index contributed by atoms with van der Waals surface area (Å²) in [5, 5.41) is 0. The highest BCUT2D eigenvalue weighted by atomic mass is 16.5. The molecule has 1 aliphatic carbocycles. The number of benzene rings is 1. The highest BCUT2D eigenvalue weighted by Crippen LogP contribution is 2.43. The second-order valence-corrected chi connectivity index (χ2v) is 5.76. The number of nitrogens with zero attached hydrogens (tertiary/aromatic N) is 1. The molecule has 92 valence electrons. The first-order valence-corrected chi connectivity index (χ1v) is 6.34. The van der Waals surface area contributed by atoms with Gasteiger partial charge in [-0.25, -0.2) is 4.99 Å². The third-order valence-corrected chi connectivity index (χ3v) is 4.39. The minimum Gasteiger partial charge on any atom is -0.457 e. The average molecular weight is 240 g/mol. The predicted octanol–water partition coefficient (Wildman–Crippen LogP) is 0.831. The topological polar surface area (TPSA) is 47.6 Å². The molecule has 3 nitrogen and oxygen atoms in total. The second-order valence-electron chi connectivity index (χ2n) is 5.76. The number of ether oxygens (including phenoxy) is 1. The van der Waals surface area contributed by atoms with Gasteiger partial charge < -0.3 is 10.5 Å². The molecule has 2 radical (unpaired) electrons. The van der Waals surface area contributed by atoms with Crippen molar-refractivity contribution < 1.29 is 4.74 Å². The van der Waals surface area contributed by atoms with Gasteiger partial charge >= 0.3 is 0 Å². The monoisotopic (exact) mass is 240 g/mol. The van der Waals surface area contributed by atoms with Gasteiger partial charge in [0.25, 0.3) is 6.02 Å². The maximum atomic E-state index is 6.03. The highest BCUT2D eigenvalue weighted by Gasteiger charge is 2.53. The zero-order valence-electron chi connectivity index (χ0n) is 10.9. The summed E-state index contributed by atoms with van der Waals surface area (Å²) in [5.74, 6) is 0. The minimum atomic E-state index is -0.348. The molecular formula is C14H17BN2O. The maximum absolute atomic E-state index is 6.03. The van der Waals surface area contributed by atoms with E-state index < -0.39 is 0 Å². The molecule has 0 fully saturated rings. The smallest absolute Gasteiger partial charge is 0.283 e. The van der Waals surface area contributed by atoms with E-state index in [1.54, 1.807) is 0 Å². The third kappa shape index (κ3) is 1.48. The van der Waals surface area contributed by atoms with Gasteiger partial charge in [0.15, 0.2) is 0 Å². The molecule has 0 bridgehead atoms. The first-order chi connectivity index (χ1) is 8.44. The van der Waals surface area contributed by atoms with E-state index in [2.05, 4.69) is 24.9 Å². The fraction of sp³-hybridized carbons (Fsp3) is 0.500. The lowest BCUT2D eigenvalue weighted by Crippen LogP contribution is -2.51. The largest absolute Gasteiger partial charge is 0.457 e. The second kappa shape index (κ2) is 3.53. The van der Waals surface area contributed by atoms with E-state index in [1.807, 2.05) is 12.1 Å². The van der Waals surface area contributed by atoms with Crippen molar-refractivity contribution in [2.24, 2.45) is 10.7 Å². The molecule has 0 aromatic heterocycles. The normalized spacial score (nSPS) is 28.7. The van der Waals surface area contributed by atoms with Crippen molar-refractivity contribution in [3.63, 3.8) is 0 Å². The first kappa shape index (κ1) is 11.6. The van der Waals surface area contributed by atoms with Crippen molar-refractivity contribution in [1.29, 1.82) is 0 Å². The van der Waals surface area contributed by atoms with E-state index in [1.165, 1.54) is 11.1 Å². The molecule has 1 unspecified atom stereocenters. The number of fused-ring (bicyclic) bond motifs is 1. The molecule has 18 heavy (non-hydrogen) atoms. The molecule has 0 saturated heterocycles. The highest BCUT2D eigenvalue weighted by molar-refractivity contribution is 6.33. The van der Waals surface area contributed by atoms with Crippen molar-refractivity contribution in [1.82, 2.24) is 0 Å². The van der Waals surface area contributed by atoms with Gasteiger partial charge in [-0.2, -0.15) is 0 Å². The molecule has 0 saturated carbocycles. The third-order valence-electron chi connectivity index (χ3n) is 4.39. The lowest BCUT2D eigenvalue weighted by Gasteiger charge is -2.41. The molecule has 1 spiro atoms. The number of hydrogen-bond donors (Lipinski definition) is 1. The van der Waals surface area contributed by atoms with Crippen LogP contribution in [0.2, 0.25) is 0 Å². The van der Waals surface area contributed by atoms with Gasteiger partial charge in [0, 0.05) is 6.42 Å². The van der Waals surface area contributed by atoms with E-state index in [4.69, 9.17) is 18.3 Å². The van der Waals surface area contributed by atoms with Crippen LogP contribution >= 0.6 is 0 Å². The van der Waals surface area contributed by atoms with E-state index in [0.717, 1.165) is 24.7 Å². The van der Waals surface area contributed by atoms with Crippen LogP contribution < -0.4 is 11.2 Å². The molecule has 0 amide bonds. The summed E-state index contributed by atoms with van der Waals surface area (Å²) < 4.78 is 5.68. The van der Waals surface area contributed by atoms with E-state index >= 15 is 0 Å². The summed E-state index contributed by atoms with van der Waals surface area (Å²) in [6.07, 6.45) is 2.72. The molecule has 1 aromatic carbocycles. The van der Waals surface area contributed by atoms with Crippen molar-refractivity contribution in [3.05, 3.63) is 29.3 Å². The molecule has 2 N–H and O–H groups in total. The number of amidine groups is 1. The van der Waals surface area contributed by atoms with Crippen LogP contribution in [0, 0.1) is 0 Å². The lowest BCUT2D eigenvalue weighted by atomic mass is 9.68. The fourth-order valence-corrected chi connectivity index (χ4v) is 3.19. The number of aliphatic imine (C=N–C) groups is 1. The summed E-state index contributed by atoms with van der Waals surface area (Å²) in [6.45, 7) is 4.13. The number of hydrogen-bond acceptors (Lipinski definition) is 3. The Kier molecular flexibility index (Phi) is 2.28. The molecule has 1 aliphatic heterocycles. The molecule has 2 aliphatic rings. The molecule has 3 rings (SSSR count). The Labute approximate surface area is 109 Å².